The maximum atomic E-state index is 4.52. The minimum absolute atomic E-state index is 0.259. The number of nitrogens with one attached hydrogen (secondary N) is 1. The first-order valence-corrected chi connectivity index (χ1v) is 7.47. The molecule has 1 aromatic heterocycles. The normalized spacial score (nSPS) is 19.4. The van der Waals surface area contributed by atoms with Crippen LogP contribution in [-0.2, 0) is 6.42 Å². The lowest BCUT2D eigenvalue weighted by molar-refractivity contribution is 0.401. The Hall–Kier alpha value is -1.74. The molecule has 1 N–H and O–H groups in total. The molecule has 0 fully saturated rings. The number of hydrogen-bond donors (Lipinski definition) is 1. The van der Waals surface area contributed by atoms with Crippen LogP contribution in [0.5, 0.6) is 0 Å². The number of fused-ring (bicyclic) bond motifs is 1. The van der Waals surface area contributed by atoms with Crippen molar-refractivity contribution in [1.82, 2.24) is 15.3 Å². The van der Waals surface area contributed by atoms with E-state index in [1.54, 1.807) is 12.4 Å². The summed E-state index contributed by atoms with van der Waals surface area (Å²) < 4.78 is 0. The quantitative estimate of drug-likeness (QED) is 0.924. The van der Waals surface area contributed by atoms with Crippen molar-refractivity contribution in [3.63, 3.8) is 0 Å². The van der Waals surface area contributed by atoms with Gasteiger partial charge in [-0.3, -0.25) is 9.97 Å². The van der Waals surface area contributed by atoms with Crippen LogP contribution in [0, 0.1) is 0 Å². The van der Waals surface area contributed by atoms with Crippen molar-refractivity contribution in [3.8, 4) is 0 Å². The van der Waals surface area contributed by atoms with E-state index < -0.39 is 0 Å². The smallest absolute Gasteiger partial charge is 0.0762 e. The molecule has 0 bridgehead atoms. The van der Waals surface area contributed by atoms with Crippen molar-refractivity contribution in [2.24, 2.45) is 0 Å². The second-order valence-electron chi connectivity index (χ2n) is 5.36. The minimum atomic E-state index is 0.259. The zero-order valence-electron chi connectivity index (χ0n) is 11.9. The van der Waals surface area contributed by atoms with Crippen LogP contribution in [0.3, 0.4) is 0 Å². The van der Waals surface area contributed by atoms with Gasteiger partial charge in [-0.1, -0.05) is 31.2 Å². The third-order valence-corrected chi connectivity index (χ3v) is 4.14. The molecule has 0 spiro atoms. The summed E-state index contributed by atoms with van der Waals surface area (Å²) in [6.45, 7) is 3.10. The summed E-state index contributed by atoms with van der Waals surface area (Å²) in [6, 6.07) is 9.10. The first-order valence-electron chi connectivity index (χ1n) is 7.47. The second kappa shape index (κ2) is 6.14. The Labute approximate surface area is 120 Å². The lowest BCUT2D eigenvalue weighted by Crippen LogP contribution is -2.30. The number of likely N-dealkylation sites (N-methyl/N-ethyl adjacent to an activating group) is 1. The summed E-state index contributed by atoms with van der Waals surface area (Å²) in [7, 11) is 0. The van der Waals surface area contributed by atoms with Crippen LogP contribution in [0.15, 0.2) is 42.9 Å². The van der Waals surface area contributed by atoms with Gasteiger partial charge in [0.25, 0.3) is 0 Å². The number of rotatable bonds is 4. The van der Waals surface area contributed by atoms with Crippen LogP contribution in [-0.4, -0.2) is 16.5 Å². The predicted octanol–water partition coefficient (Wildman–Crippen LogP) is 3.25. The second-order valence-corrected chi connectivity index (χ2v) is 5.36. The average molecular weight is 267 g/mol. The Bertz CT molecular complexity index is 553. The number of hydrogen-bond acceptors (Lipinski definition) is 3. The zero-order chi connectivity index (χ0) is 13.8. The van der Waals surface area contributed by atoms with Crippen LogP contribution in [0.2, 0.25) is 0 Å². The molecule has 1 aliphatic carbocycles. The lowest BCUT2D eigenvalue weighted by Gasteiger charge is -2.32. The number of benzene rings is 1. The Morgan fingerprint density at radius 3 is 3.00 bits per heavy atom. The van der Waals surface area contributed by atoms with Crippen LogP contribution in [0.25, 0.3) is 0 Å². The molecule has 3 nitrogen and oxygen atoms in total. The average Bonchev–Trinajstić information content (AvgIpc) is 2.53. The predicted molar refractivity (Wildman–Crippen MR) is 80.6 cm³/mol. The van der Waals surface area contributed by atoms with E-state index in [0.29, 0.717) is 5.92 Å². The molecule has 20 heavy (non-hydrogen) atoms. The Morgan fingerprint density at radius 1 is 1.30 bits per heavy atom. The summed E-state index contributed by atoms with van der Waals surface area (Å²) in [6.07, 6.45) is 9.08. The topological polar surface area (TPSA) is 37.8 Å². The van der Waals surface area contributed by atoms with Gasteiger partial charge < -0.3 is 5.32 Å². The molecule has 3 rings (SSSR count). The third-order valence-electron chi connectivity index (χ3n) is 4.14. The number of aryl methyl sites for hydroxylation is 1. The van der Waals surface area contributed by atoms with E-state index in [1.165, 1.54) is 30.4 Å². The summed E-state index contributed by atoms with van der Waals surface area (Å²) in [5, 5.41) is 3.61. The molecule has 1 heterocycles. The van der Waals surface area contributed by atoms with E-state index >= 15 is 0 Å². The Kier molecular flexibility index (Phi) is 4.07. The SMILES string of the molecule is CCNC(c1cnccn1)C1CCCc2ccccc21. The van der Waals surface area contributed by atoms with Crippen molar-refractivity contribution in [2.45, 2.75) is 38.1 Å². The van der Waals surface area contributed by atoms with Crippen molar-refractivity contribution >= 4 is 0 Å². The monoisotopic (exact) mass is 267 g/mol. The molecule has 0 amide bonds. The summed E-state index contributed by atoms with van der Waals surface area (Å²) >= 11 is 0. The van der Waals surface area contributed by atoms with Gasteiger partial charge in [-0.15, -0.1) is 0 Å². The van der Waals surface area contributed by atoms with Crippen molar-refractivity contribution in [1.29, 1.82) is 0 Å². The van der Waals surface area contributed by atoms with Gasteiger partial charge in [0.1, 0.15) is 0 Å². The van der Waals surface area contributed by atoms with Gasteiger partial charge in [0, 0.05) is 24.5 Å². The molecule has 0 saturated carbocycles. The van der Waals surface area contributed by atoms with Crippen molar-refractivity contribution in [2.75, 3.05) is 6.54 Å². The maximum Gasteiger partial charge on any atom is 0.0762 e. The Balaban J connectivity index is 1.97. The van der Waals surface area contributed by atoms with Crippen LogP contribution in [0.4, 0.5) is 0 Å². The van der Waals surface area contributed by atoms with Gasteiger partial charge >= 0.3 is 0 Å². The standard InChI is InChI=1S/C17H21N3/c1-2-19-17(16-12-18-10-11-20-16)15-9-5-7-13-6-3-4-8-14(13)15/h3-4,6,8,10-12,15,17,19H,2,5,7,9H2,1H3. The van der Waals surface area contributed by atoms with Crippen LogP contribution >= 0.6 is 0 Å². The molecule has 3 heteroatoms. The van der Waals surface area contributed by atoms with E-state index in [9.17, 15) is 0 Å². The molecule has 1 aliphatic rings. The van der Waals surface area contributed by atoms with Crippen LogP contribution < -0.4 is 5.32 Å². The highest BCUT2D eigenvalue weighted by Crippen LogP contribution is 2.39. The highest BCUT2D eigenvalue weighted by molar-refractivity contribution is 5.34. The molecule has 2 atom stereocenters. The molecule has 2 aromatic rings. The largest absolute Gasteiger partial charge is 0.308 e. The third kappa shape index (κ3) is 2.59. The van der Waals surface area contributed by atoms with Gasteiger partial charge in [-0.05, 0) is 36.9 Å². The van der Waals surface area contributed by atoms with E-state index in [2.05, 4.69) is 46.5 Å². The van der Waals surface area contributed by atoms with Gasteiger partial charge in [-0.25, -0.2) is 0 Å². The van der Waals surface area contributed by atoms with Gasteiger partial charge in [0.05, 0.1) is 11.7 Å². The van der Waals surface area contributed by atoms with E-state index in [4.69, 9.17) is 0 Å². The summed E-state index contributed by atoms with van der Waals surface area (Å²) in [4.78, 5) is 8.76. The number of aromatic nitrogens is 2. The molecule has 0 aliphatic heterocycles. The molecule has 0 saturated heterocycles. The maximum absolute atomic E-state index is 4.52. The van der Waals surface area contributed by atoms with Crippen LogP contribution in [0.1, 0.15) is 48.5 Å². The highest BCUT2D eigenvalue weighted by atomic mass is 15.0. The van der Waals surface area contributed by atoms with Gasteiger partial charge in [0.2, 0.25) is 0 Å². The van der Waals surface area contributed by atoms with E-state index in [0.717, 1.165) is 12.2 Å². The fourth-order valence-electron chi connectivity index (χ4n) is 3.28. The first-order chi connectivity index (χ1) is 9.90. The number of nitrogens with zero attached hydrogens (tertiary/aromatic N) is 2. The van der Waals surface area contributed by atoms with Crippen molar-refractivity contribution < 1.29 is 0 Å². The highest BCUT2D eigenvalue weighted by Gasteiger charge is 2.29. The molecule has 0 radical (unpaired) electrons. The molecule has 104 valence electrons. The fraction of sp³-hybridized carbons (Fsp3) is 0.412. The van der Waals surface area contributed by atoms with Gasteiger partial charge in [-0.2, -0.15) is 0 Å². The zero-order valence-corrected chi connectivity index (χ0v) is 11.9. The first kappa shape index (κ1) is 13.3. The Morgan fingerprint density at radius 2 is 2.20 bits per heavy atom. The summed E-state index contributed by atoms with van der Waals surface area (Å²) in [5.74, 6) is 0.497. The molecular formula is C17H21N3. The fourth-order valence-corrected chi connectivity index (χ4v) is 3.28. The van der Waals surface area contributed by atoms with E-state index in [1.807, 2.05) is 6.20 Å². The van der Waals surface area contributed by atoms with Crippen molar-refractivity contribution in [3.05, 3.63) is 59.7 Å². The summed E-state index contributed by atoms with van der Waals surface area (Å²) in [5.41, 5.74) is 4.03. The molecule has 2 unspecified atom stereocenters. The lowest BCUT2D eigenvalue weighted by atomic mass is 9.78. The molecular weight excluding hydrogens is 246 g/mol. The van der Waals surface area contributed by atoms with E-state index in [-0.39, 0.29) is 6.04 Å². The molecule has 1 aromatic carbocycles. The minimum Gasteiger partial charge on any atom is -0.308 e. The van der Waals surface area contributed by atoms with Gasteiger partial charge in [0.15, 0.2) is 0 Å².